The predicted molar refractivity (Wildman–Crippen MR) is 169 cm³/mol. The maximum atomic E-state index is 13.0. The van der Waals surface area contributed by atoms with Crippen LogP contribution in [-0.4, -0.2) is 70.6 Å². The summed E-state index contributed by atoms with van der Waals surface area (Å²) in [6.07, 6.45) is 1.87. The Labute approximate surface area is 255 Å². The molecule has 1 aliphatic rings. The third kappa shape index (κ3) is 5.49. The van der Waals surface area contributed by atoms with Gasteiger partial charge in [-0.15, -0.1) is 0 Å². The molecule has 0 bridgehead atoms. The minimum Gasteiger partial charge on any atom is -0.497 e. The Morgan fingerprint density at radius 1 is 0.909 bits per heavy atom. The molecule has 0 saturated carbocycles. The number of amides is 1. The fraction of sp³-hybridized carbons (Fsp3) is 0.229. The number of carbonyl (C=O) groups excluding carboxylic acids is 1. The number of furan rings is 1. The van der Waals surface area contributed by atoms with E-state index in [-0.39, 0.29) is 5.91 Å². The number of rotatable bonds is 7. The first kappa shape index (κ1) is 27.7. The lowest BCUT2D eigenvalue weighted by Crippen LogP contribution is -2.47. The summed E-state index contributed by atoms with van der Waals surface area (Å²) in [7, 11) is 3.72. The van der Waals surface area contributed by atoms with E-state index in [9.17, 15) is 4.79 Å². The number of imidazole rings is 1. The molecule has 0 unspecified atom stereocenters. The zero-order chi connectivity index (χ0) is 30.2. The van der Waals surface area contributed by atoms with Crippen LogP contribution in [0.25, 0.3) is 39.2 Å². The fourth-order valence-corrected chi connectivity index (χ4v) is 5.57. The number of aromatic nitrogens is 3. The number of hydrogen-bond donors (Lipinski definition) is 0. The monoisotopic (exact) mass is 587 g/mol. The lowest BCUT2D eigenvalue weighted by atomic mass is 10.0. The van der Waals surface area contributed by atoms with E-state index in [0.29, 0.717) is 35.0 Å². The third-order valence-corrected chi connectivity index (χ3v) is 8.12. The summed E-state index contributed by atoms with van der Waals surface area (Å²) in [6, 6.07) is 25.5. The van der Waals surface area contributed by atoms with Crippen molar-refractivity contribution in [3.8, 4) is 34.1 Å². The number of benzene rings is 3. The van der Waals surface area contributed by atoms with Crippen LogP contribution in [0.1, 0.15) is 21.6 Å². The molecule has 6 aromatic rings. The van der Waals surface area contributed by atoms with Crippen molar-refractivity contribution >= 4 is 22.5 Å². The minimum absolute atomic E-state index is 0.0849. The number of fused-ring (bicyclic) bond motifs is 2. The summed E-state index contributed by atoms with van der Waals surface area (Å²) in [5.74, 6) is 2.15. The Morgan fingerprint density at radius 3 is 2.52 bits per heavy atom. The number of aryl methyl sites for hydroxylation is 1. The van der Waals surface area contributed by atoms with Crippen LogP contribution < -0.4 is 9.47 Å². The first-order valence-electron chi connectivity index (χ1n) is 14.7. The van der Waals surface area contributed by atoms with Gasteiger partial charge in [0.25, 0.3) is 5.91 Å². The van der Waals surface area contributed by atoms with Crippen LogP contribution in [0.15, 0.2) is 89.5 Å². The largest absolute Gasteiger partial charge is 0.497 e. The van der Waals surface area contributed by atoms with Crippen molar-refractivity contribution in [2.45, 2.75) is 13.5 Å². The zero-order valence-electron chi connectivity index (χ0n) is 25.0. The average Bonchev–Trinajstić information content (AvgIpc) is 3.68. The van der Waals surface area contributed by atoms with Gasteiger partial charge in [-0.1, -0.05) is 24.3 Å². The highest BCUT2D eigenvalue weighted by molar-refractivity contribution is 5.95. The highest BCUT2D eigenvalue weighted by atomic mass is 16.5. The van der Waals surface area contributed by atoms with E-state index < -0.39 is 0 Å². The van der Waals surface area contributed by atoms with Gasteiger partial charge in [-0.3, -0.25) is 4.79 Å². The molecule has 9 heteroatoms. The molecule has 3 aromatic carbocycles. The maximum Gasteiger partial charge on any atom is 0.253 e. The molecule has 7 rings (SSSR count). The van der Waals surface area contributed by atoms with Crippen molar-refractivity contribution in [3.05, 3.63) is 102 Å². The molecule has 222 valence electrons. The molecular weight excluding hydrogens is 554 g/mol. The number of ether oxygens (including phenoxy) is 2. The minimum atomic E-state index is 0.0849. The van der Waals surface area contributed by atoms with Gasteiger partial charge in [0.15, 0.2) is 11.4 Å². The molecule has 0 atom stereocenters. The average molecular weight is 588 g/mol. The van der Waals surface area contributed by atoms with Gasteiger partial charge in [0.2, 0.25) is 0 Å². The Bertz CT molecular complexity index is 1970. The van der Waals surface area contributed by atoms with Gasteiger partial charge in [-0.05, 0) is 73.6 Å². The molecule has 1 fully saturated rings. The SMILES string of the molecule is COc1cc(COc2cccc(-c3ccc(C(=O)N4CCN(C)CC4)cc3)c2)c2cc(-c3cn4nc(C)ccc4n3)oc2c1. The lowest BCUT2D eigenvalue weighted by molar-refractivity contribution is 0.0664. The van der Waals surface area contributed by atoms with Crippen molar-refractivity contribution < 1.29 is 18.7 Å². The molecular formula is C35H33N5O4. The van der Waals surface area contributed by atoms with Gasteiger partial charge >= 0.3 is 0 Å². The van der Waals surface area contributed by atoms with Crippen LogP contribution in [0.3, 0.4) is 0 Å². The molecule has 44 heavy (non-hydrogen) atoms. The standard InChI is InChI=1S/C35H33N5O4/c1-23-7-12-34-36-31(21-40(34)37-23)33-20-30-27(18-29(42-3)19-32(30)44-33)22-43-28-6-4-5-26(17-28)24-8-10-25(11-9-24)35(41)39-15-13-38(2)14-16-39/h4-12,17-21H,13-16,22H2,1-3H3. The number of piperazine rings is 1. The Hall–Kier alpha value is -5.15. The first-order valence-corrected chi connectivity index (χ1v) is 14.7. The smallest absolute Gasteiger partial charge is 0.253 e. The summed E-state index contributed by atoms with van der Waals surface area (Å²) >= 11 is 0. The van der Waals surface area contributed by atoms with E-state index >= 15 is 0 Å². The first-order chi connectivity index (χ1) is 21.4. The van der Waals surface area contributed by atoms with Crippen LogP contribution in [0.2, 0.25) is 0 Å². The quantitative estimate of drug-likeness (QED) is 0.223. The van der Waals surface area contributed by atoms with Gasteiger partial charge in [0.1, 0.15) is 29.4 Å². The Balaban J connectivity index is 1.10. The van der Waals surface area contributed by atoms with Crippen LogP contribution in [0.4, 0.5) is 0 Å². The number of nitrogens with zero attached hydrogens (tertiary/aromatic N) is 5. The molecule has 1 saturated heterocycles. The summed E-state index contributed by atoms with van der Waals surface area (Å²) < 4.78 is 19.8. The maximum absolute atomic E-state index is 13.0. The summed E-state index contributed by atoms with van der Waals surface area (Å²) in [6.45, 7) is 5.59. The molecule has 0 aliphatic carbocycles. The second kappa shape index (κ2) is 11.5. The van der Waals surface area contributed by atoms with E-state index in [4.69, 9.17) is 13.9 Å². The van der Waals surface area contributed by atoms with Crippen LogP contribution in [-0.2, 0) is 6.61 Å². The van der Waals surface area contributed by atoms with E-state index in [1.54, 1.807) is 11.6 Å². The Morgan fingerprint density at radius 2 is 1.73 bits per heavy atom. The van der Waals surface area contributed by atoms with Gasteiger partial charge in [0.05, 0.1) is 19.0 Å². The van der Waals surface area contributed by atoms with Crippen molar-refractivity contribution in [2.24, 2.45) is 0 Å². The molecule has 0 radical (unpaired) electrons. The fourth-order valence-electron chi connectivity index (χ4n) is 5.57. The molecule has 4 heterocycles. The highest BCUT2D eigenvalue weighted by Gasteiger charge is 2.20. The molecule has 0 spiro atoms. The van der Waals surface area contributed by atoms with Crippen LogP contribution >= 0.6 is 0 Å². The number of hydrogen-bond acceptors (Lipinski definition) is 7. The van der Waals surface area contributed by atoms with Gasteiger partial charge < -0.3 is 23.7 Å². The zero-order valence-corrected chi connectivity index (χ0v) is 25.0. The second-order valence-electron chi connectivity index (χ2n) is 11.2. The second-order valence-corrected chi connectivity index (χ2v) is 11.2. The molecule has 3 aromatic heterocycles. The van der Waals surface area contributed by atoms with Gasteiger partial charge in [-0.25, -0.2) is 9.50 Å². The summed E-state index contributed by atoms with van der Waals surface area (Å²) in [5.41, 5.74) is 6.74. The summed E-state index contributed by atoms with van der Waals surface area (Å²) in [5, 5.41) is 5.43. The van der Waals surface area contributed by atoms with Crippen LogP contribution in [0.5, 0.6) is 11.5 Å². The topological polar surface area (TPSA) is 85.3 Å². The van der Waals surface area contributed by atoms with Crippen molar-refractivity contribution in [1.82, 2.24) is 24.4 Å². The van der Waals surface area contributed by atoms with Crippen molar-refractivity contribution in [2.75, 3.05) is 40.3 Å². The van der Waals surface area contributed by atoms with E-state index in [1.165, 1.54) is 0 Å². The normalized spacial score (nSPS) is 13.9. The number of carbonyl (C=O) groups is 1. The van der Waals surface area contributed by atoms with Gasteiger partial charge in [0, 0.05) is 48.8 Å². The third-order valence-electron chi connectivity index (χ3n) is 8.12. The number of methoxy groups -OCH3 is 1. The van der Waals surface area contributed by atoms with E-state index in [0.717, 1.165) is 65.3 Å². The van der Waals surface area contributed by atoms with Gasteiger partial charge in [-0.2, -0.15) is 5.10 Å². The predicted octanol–water partition coefficient (Wildman–Crippen LogP) is 6.09. The summed E-state index contributed by atoms with van der Waals surface area (Å²) in [4.78, 5) is 21.8. The highest BCUT2D eigenvalue weighted by Crippen LogP contribution is 2.34. The molecule has 1 aliphatic heterocycles. The lowest BCUT2D eigenvalue weighted by Gasteiger charge is -2.32. The number of likely N-dealkylation sites (N-methyl/N-ethyl adjacent to an activating group) is 1. The van der Waals surface area contributed by atoms with Crippen LogP contribution in [0, 0.1) is 6.92 Å². The molecule has 1 amide bonds. The molecule has 9 nitrogen and oxygen atoms in total. The van der Waals surface area contributed by atoms with E-state index in [1.807, 2.05) is 96.9 Å². The van der Waals surface area contributed by atoms with Crippen molar-refractivity contribution in [1.29, 1.82) is 0 Å². The van der Waals surface area contributed by atoms with E-state index in [2.05, 4.69) is 22.0 Å². The Kier molecular flexibility index (Phi) is 7.23. The van der Waals surface area contributed by atoms with Crippen molar-refractivity contribution in [3.63, 3.8) is 0 Å². The molecule has 0 N–H and O–H groups in total.